The molecule has 0 aliphatic rings. The summed E-state index contributed by atoms with van der Waals surface area (Å²) >= 11 is 15.4. The molecule has 1 atom stereocenters. The fourth-order valence-corrected chi connectivity index (χ4v) is 2.95. The maximum Gasteiger partial charge on any atom is 0.416 e. The fourth-order valence-electron chi connectivity index (χ4n) is 1.73. The van der Waals surface area contributed by atoms with Crippen molar-refractivity contribution >= 4 is 39.1 Å². The van der Waals surface area contributed by atoms with Gasteiger partial charge in [-0.1, -0.05) is 51.3 Å². The quantitative estimate of drug-likeness (QED) is 0.519. The minimum Gasteiger partial charge on any atom is -0.166 e. The Kier molecular flexibility index (Phi) is 4.67. The Hall–Kier alpha value is -0.710. The molecule has 2 aromatic carbocycles. The number of rotatable bonds is 2. The topological polar surface area (TPSA) is 0 Å². The van der Waals surface area contributed by atoms with Crippen molar-refractivity contribution in [3.8, 4) is 0 Å². The molecule has 0 aromatic heterocycles. The molecule has 6 heteroatoms. The van der Waals surface area contributed by atoms with Gasteiger partial charge in [-0.05, 0) is 41.5 Å². The molecule has 2 rings (SSSR count). The lowest BCUT2D eigenvalue weighted by Gasteiger charge is -2.14. The number of benzene rings is 2. The van der Waals surface area contributed by atoms with Gasteiger partial charge >= 0.3 is 6.18 Å². The average molecular weight is 384 g/mol. The van der Waals surface area contributed by atoms with E-state index in [1.807, 2.05) is 0 Å². The highest BCUT2D eigenvalue weighted by atomic mass is 79.9. The number of halogens is 6. The zero-order valence-electron chi connectivity index (χ0n) is 9.89. The number of hydrogen-bond acceptors (Lipinski definition) is 0. The first kappa shape index (κ1) is 15.7. The second-order valence-corrected chi connectivity index (χ2v) is 5.91. The molecule has 0 saturated carbocycles. The summed E-state index contributed by atoms with van der Waals surface area (Å²) in [6.07, 6.45) is -4.34. The van der Waals surface area contributed by atoms with Gasteiger partial charge in [0.05, 0.1) is 10.4 Å². The molecule has 0 saturated heterocycles. The maximum atomic E-state index is 12.5. The lowest BCUT2D eigenvalue weighted by molar-refractivity contribution is -0.137. The van der Waals surface area contributed by atoms with Crippen LogP contribution in [0.5, 0.6) is 0 Å². The Labute approximate surface area is 132 Å². The molecule has 106 valence electrons. The van der Waals surface area contributed by atoms with Crippen LogP contribution < -0.4 is 0 Å². The summed E-state index contributed by atoms with van der Waals surface area (Å²) in [7, 11) is 0. The second-order valence-electron chi connectivity index (χ2n) is 4.15. The zero-order chi connectivity index (χ0) is 14.9. The van der Waals surface area contributed by atoms with E-state index in [-0.39, 0.29) is 4.83 Å². The van der Waals surface area contributed by atoms with Crippen LogP contribution in [0.3, 0.4) is 0 Å². The van der Waals surface area contributed by atoms with Gasteiger partial charge in [-0.2, -0.15) is 13.2 Å². The van der Waals surface area contributed by atoms with Gasteiger partial charge in [0.15, 0.2) is 0 Å². The first-order valence-corrected chi connectivity index (χ1v) is 7.22. The predicted molar refractivity (Wildman–Crippen MR) is 78.7 cm³/mol. The highest BCUT2D eigenvalue weighted by molar-refractivity contribution is 9.09. The van der Waals surface area contributed by atoms with E-state index in [9.17, 15) is 13.2 Å². The van der Waals surface area contributed by atoms with E-state index in [0.29, 0.717) is 21.2 Å². The first-order chi connectivity index (χ1) is 9.29. The average Bonchev–Trinajstić information content (AvgIpc) is 2.40. The highest BCUT2D eigenvalue weighted by Gasteiger charge is 2.30. The molecule has 0 nitrogen and oxygen atoms in total. The summed E-state index contributed by atoms with van der Waals surface area (Å²) in [6, 6.07) is 9.90. The van der Waals surface area contributed by atoms with Gasteiger partial charge in [0, 0.05) is 10.0 Å². The van der Waals surface area contributed by atoms with Crippen molar-refractivity contribution in [1.82, 2.24) is 0 Å². The minimum absolute atomic E-state index is 0.323. The maximum absolute atomic E-state index is 12.5. The molecule has 0 heterocycles. The SMILES string of the molecule is FC(F)(F)c1ccc(C(Br)c2cc(Cl)ccc2Cl)cc1. The van der Waals surface area contributed by atoms with Crippen LogP contribution in [-0.2, 0) is 6.18 Å². The van der Waals surface area contributed by atoms with Crippen molar-refractivity contribution in [3.63, 3.8) is 0 Å². The molecule has 1 unspecified atom stereocenters. The molecule has 0 aliphatic carbocycles. The molecule has 0 fully saturated rings. The molecular weight excluding hydrogens is 376 g/mol. The fraction of sp³-hybridized carbons (Fsp3) is 0.143. The van der Waals surface area contributed by atoms with Gasteiger partial charge in [-0.15, -0.1) is 0 Å². The zero-order valence-corrected chi connectivity index (χ0v) is 13.0. The smallest absolute Gasteiger partial charge is 0.166 e. The van der Waals surface area contributed by atoms with Gasteiger partial charge in [0.2, 0.25) is 0 Å². The van der Waals surface area contributed by atoms with E-state index in [2.05, 4.69) is 15.9 Å². The van der Waals surface area contributed by atoms with Gasteiger partial charge < -0.3 is 0 Å². The van der Waals surface area contributed by atoms with Crippen molar-refractivity contribution in [2.24, 2.45) is 0 Å². The molecule has 2 aromatic rings. The van der Waals surface area contributed by atoms with E-state index < -0.39 is 11.7 Å². The Morgan fingerprint density at radius 3 is 2.10 bits per heavy atom. The standard InChI is InChI=1S/C14H8BrCl2F3/c15-13(11-7-10(16)5-6-12(11)17)8-1-3-9(4-2-8)14(18,19)20/h1-7,13H. The second kappa shape index (κ2) is 5.96. The van der Waals surface area contributed by atoms with E-state index in [1.54, 1.807) is 18.2 Å². The molecule has 0 N–H and O–H groups in total. The van der Waals surface area contributed by atoms with Crippen molar-refractivity contribution < 1.29 is 13.2 Å². The molecule has 0 spiro atoms. The molecule has 20 heavy (non-hydrogen) atoms. The highest BCUT2D eigenvalue weighted by Crippen LogP contribution is 2.38. The van der Waals surface area contributed by atoms with Crippen molar-refractivity contribution in [2.45, 2.75) is 11.0 Å². The summed E-state index contributed by atoms with van der Waals surface area (Å²) in [6.45, 7) is 0. The summed E-state index contributed by atoms with van der Waals surface area (Å²) in [5, 5.41) is 1.01. The lowest BCUT2D eigenvalue weighted by atomic mass is 10.0. The van der Waals surface area contributed by atoms with E-state index >= 15 is 0 Å². The van der Waals surface area contributed by atoms with Crippen LogP contribution in [0.15, 0.2) is 42.5 Å². The van der Waals surface area contributed by atoms with Gasteiger partial charge in [0.1, 0.15) is 0 Å². The van der Waals surface area contributed by atoms with E-state index in [0.717, 1.165) is 12.1 Å². The Balaban J connectivity index is 2.34. The number of alkyl halides is 4. The van der Waals surface area contributed by atoms with Crippen LogP contribution in [-0.4, -0.2) is 0 Å². The Morgan fingerprint density at radius 1 is 0.950 bits per heavy atom. The third-order valence-electron chi connectivity index (χ3n) is 2.76. The summed E-state index contributed by atoms with van der Waals surface area (Å²) in [5.41, 5.74) is 0.694. The van der Waals surface area contributed by atoms with Gasteiger partial charge in [-0.3, -0.25) is 0 Å². The normalized spacial score (nSPS) is 13.3. The van der Waals surface area contributed by atoms with Crippen LogP contribution in [0.1, 0.15) is 21.5 Å². The van der Waals surface area contributed by atoms with Crippen LogP contribution in [0.2, 0.25) is 10.0 Å². The van der Waals surface area contributed by atoms with Crippen LogP contribution >= 0.6 is 39.1 Å². The van der Waals surface area contributed by atoms with E-state index in [4.69, 9.17) is 23.2 Å². The van der Waals surface area contributed by atoms with Gasteiger partial charge in [-0.25, -0.2) is 0 Å². The molecular formula is C14H8BrCl2F3. The van der Waals surface area contributed by atoms with Crippen molar-refractivity contribution in [1.29, 1.82) is 0 Å². The predicted octanol–water partition coefficient (Wildman–Crippen LogP) is 6.50. The van der Waals surface area contributed by atoms with Crippen molar-refractivity contribution in [3.05, 3.63) is 69.2 Å². The number of hydrogen-bond donors (Lipinski definition) is 0. The van der Waals surface area contributed by atoms with Crippen molar-refractivity contribution in [2.75, 3.05) is 0 Å². The Morgan fingerprint density at radius 2 is 1.55 bits per heavy atom. The lowest BCUT2D eigenvalue weighted by Crippen LogP contribution is -2.05. The summed E-state index contributed by atoms with van der Waals surface area (Å²) in [4.78, 5) is -0.323. The Bertz CT molecular complexity index is 609. The third-order valence-corrected chi connectivity index (χ3v) is 4.36. The molecule has 0 aliphatic heterocycles. The molecule has 0 amide bonds. The first-order valence-electron chi connectivity index (χ1n) is 5.55. The largest absolute Gasteiger partial charge is 0.416 e. The van der Waals surface area contributed by atoms with E-state index in [1.165, 1.54) is 12.1 Å². The monoisotopic (exact) mass is 382 g/mol. The summed E-state index contributed by atoms with van der Waals surface area (Å²) in [5.74, 6) is 0. The van der Waals surface area contributed by atoms with Crippen LogP contribution in [0.25, 0.3) is 0 Å². The van der Waals surface area contributed by atoms with Gasteiger partial charge in [0.25, 0.3) is 0 Å². The summed E-state index contributed by atoms with van der Waals surface area (Å²) < 4.78 is 37.5. The molecule has 0 radical (unpaired) electrons. The minimum atomic E-state index is -4.34. The van der Waals surface area contributed by atoms with Crippen LogP contribution in [0, 0.1) is 0 Å². The third kappa shape index (κ3) is 3.48. The van der Waals surface area contributed by atoms with Crippen LogP contribution in [0.4, 0.5) is 13.2 Å². The molecule has 0 bridgehead atoms.